The number of anilines is 1. The van der Waals surface area contributed by atoms with Crippen LogP contribution in [0.2, 0.25) is 0 Å². The van der Waals surface area contributed by atoms with Gasteiger partial charge < -0.3 is 20.6 Å². The molecule has 1 unspecified atom stereocenters. The van der Waals surface area contributed by atoms with Crippen molar-refractivity contribution in [3.05, 3.63) is 28.2 Å². The number of nitrogens with zero attached hydrogens (tertiary/aromatic N) is 2. The van der Waals surface area contributed by atoms with E-state index in [1.165, 1.54) is 0 Å². The Morgan fingerprint density at radius 3 is 3.05 bits per heavy atom. The number of hydrogen-bond donors (Lipinski definition) is 2. The normalized spacial score (nSPS) is 21.3. The summed E-state index contributed by atoms with van der Waals surface area (Å²) >= 11 is 3.46. The lowest BCUT2D eigenvalue weighted by Gasteiger charge is -2.25. The van der Waals surface area contributed by atoms with Crippen molar-refractivity contribution in [1.82, 2.24) is 0 Å². The van der Waals surface area contributed by atoms with Crippen LogP contribution < -0.4 is 10.6 Å². The van der Waals surface area contributed by atoms with Crippen LogP contribution in [0, 0.1) is 0 Å². The minimum absolute atomic E-state index is 0.103. The smallest absolute Gasteiger partial charge is 0.171 e. The summed E-state index contributed by atoms with van der Waals surface area (Å²) in [5.74, 6) is 0.103. The minimum atomic E-state index is 0.103. The van der Waals surface area contributed by atoms with Gasteiger partial charge in [-0.1, -0.05) is 5.16 Å². The summed E-state index contributed by atoms with van der Waals surface area (Å²) in [5, 5.41) is 11.7. The molecule has 1 aromatic rings. The first-order chi connectivity index (χ1) is 9.11. The zero-order chi connectivity index (χ0) is 13.8. The number of halogens is 1. The molecule has 1 aliphatic rings. The first-order valence-electron chi connectivity index (χ1n) is 6.26. The van der Waals surface area contributed by atoms with Crippen LogP contribution in [0.1, 0.15) is 18.9 Å². The third-order valence-electron chi connectivity index (χ3n) is 3.15. The predicted octanol–water partition coefficient (Wildman–Crippen LogP) is 2.16. The molecule has 0 saturated carbocycles. The fraction of sp³-hybridized carbons (Fsp3) is 0.462. The van der Waals surface area contributed by atoms with Gasteiger partial charge in [0.05, 0.1) is 6.10 Å². The molecule has 1 heterocycles. The number of ether oxygens (including phenoxy) is 1. The van der Waals surface area contributed by atoms with E-state index in [9.17, 15) is 0 Å². The van der Waals surface area contributed by atoms with Crippen molar-refractivity contribution in [2.75, 3.05) is 24.6 Å². The van der Waals surface area contributed by atoms with Crippen LogP contribution in [0.25, 0.3) is 0 Å². The highest BCUT2D eigenvalue weighted by Crippen LogP contribution is 2.25. The Bertz CT molecular complexity index is 479. The average Bonchev–Trinajstić information content (AvgIpc) is 2.62. The van der Waals surface area contributed by atoms with Crippen molar-refractivity contribution in [2.24, 2.45) is 10.9 Å². The molecule has 0 radical (unpaired) electrons. The highest BCUT2D eigenvalue weighted by molar-refractivity contribution is 9.10. The standard InChI is InChI=1S/C13H18BrN3O2/c1-9-8-17(5-2-6-19-9)10-3-4-11(12(14)7-10)13(15)16-18/h3-4,7,9,18H,2,5-6,8H2,1H3,(H2,15,16). The topological polar surface area (TPSA) is 71.1 Å². The van der Waals surface area contributed by atoms with E-state index in [4.69, 9.17) is 15.7 Å². The molecule has 1 aromatic carbocycles. The Kier molecular flexibility index (Phi) is 4.66. The molecule has 6 heteroatoms. The van der Waals surface area contributed by atoms with Crippen LogP contribution in [0.5, 0.6) is 0 Å². The monoisotopic (exact) mass is 327 g/mol. The molecule has 1 aliphatic heterocycles. The lowest BCUT2D eigenvalue weighted by molar-refractivity contribution is 0.0821. The average molecular weight is 328 g/mol. The van der Waals surface area contributed by atoms with Gasteiger partial charge in [0.1, 0.15) is 0 Å². The molecule has 19 heavy (non-hydrogen) atoms. The van der Waals surface area contributed by atoms with Crippen molar-refractivity contribution in [3.63, 3.8) is 0 Å². The molecule has 104 valence electrons. The molecule has 0 spiro atoms. The van der Waals surface area contributed by atoms with Crippen LogP contribution in [-0.2, 0) is 4.74 Å². The fourth-order valence-electron chi connectivity index (χ4n) is 2.19. The summed E-state index contributed by atoms with van der Waals surface area (Å²) in [6.07, 6.45) is 1.24. The van der Waals surface area contributed by atoms with Gasteiger partial charge in [-0.2, -0.15) is 0 Å². The van der Waals surface area contributed by atoms with Crippen molar-refractivity contribution >= 4 is 27.5 Å². The van der Waals surface area contributed by atoms with E-state index in [0.717, 1.165) is 36.3 Å². The van der Waals surface area contributed by atoms with Gasteiger partial charge in [0.2, 0.25) is 0 Å². The summed E-state index contributed by atoms with van der Waals surface area (Å²) in [5.41, 5.74) is 7.40. The molecule has 1 fully saturated rings. The number of rotatable bonds is 2. The van der Waals surface area contributed by atoms with E-state index in [0.29, 0.717) is 5.56 Å². The minimum Gasteiger partial charge on any atom is -0.409 e. The van der Waals surface area contributed by atoms with Crippen molar-refractivity contribution in [2.45, 2.75) is 19.4 Å². The van der Waals surface area contributed by atoms with Gasteiger partial charge in [-0.3, -0.25) is 0 Å². The zero-order valence-corrected chi connectivity index (χ0v) is 12.4. The van der Waals surface area contributed by atoms with Gasteiger partial charge >= 0.3 is 0 Å². The third-order valence-corrected chi connectivity index (χ3v) is 3.81. The van der Waals surface area contributed by atoms with Crippen LogP contribution >= 0.6 is 15.9 Å². The highest BCUT2D eigenvalue weighted by atomic mass is 79.9. The van der Waals surface area contributed by atoms with Gasteiger partial charge in [0.25, 0.3) is 0 Å². The summed E-state index contributed by atoms with van der Waals surface area (Å²) < 4.78 is 6.46. The number of oxime groups is 1. The molecule has 0 bridgehead atoms. The molecule has 0 aromatic heterocycles. The van der Waals surface area contributed by atoms with Crippen LogP contribution in [0.3, 0.4) is 0 Å². The van der Waals surface area contributed by atoms with Gasteiger partial charge in [0.15, 0.2) is 5.84 Å². The molecule has 0 aliphatic carbocycles. The lowest BCUT2D eigenvalue weighted by Crippen LogP contribution is -2.30. The van der Waals surface area contributed by atoms with E-state index >= 15 is 0 Å². The molecule has 2 rings (SSSR count). The van der Waals surface area contributed by atoms with E-state index < -0.39 is 0 Å². The van der Waals surface area contributed by atoms with E-state index in [2.05, 4.69) is 32.9 Å². The predicted molar refractivity (Wildman–Crippen MR) is 78.9 cm³/mol. The maximum atomic E-state index is 8.72. The lowest BCUT2D eigenvalue weighted by atomic mass is 10.1. The largest absolute Gasteiger partial charge is 0.409 e. The quantitative estimate of drug-likeness (QED) is 0.378. The van der Waals surface area contributed by atoms with Gasteiger partial charge in [-0.15, -0.1) is 0 Å². The van der Waals surface area contributed by atoms with Crippen LogP contribution in [-0.4, -0.2) is 36.8 Å². The van der Waals surface area contributed by atoms with E-state index in [1.54, 1.807) is 0 Å². The molecular weight excluding hydrogens is 310 g/mol. The summed E-state index contributed by atoms with van der Waals surface area (Å²) in [6.45, 7) is 4.73. The second kappa shape index (κ2) is 6.25. The first-order valence-corrected chi connectivity index (χ1v) is 7.05. The molecule has 3 N–H and O–H groups in total. The molecule has 1 saturated heterocycles. The maximum Gasteiger partial charge on any atom is 0.171 e. The van der Waals surface area contributed by atoms with Crippen molar-refractivity contribution in [3.8, 4) is 0 Å². The Morgan fingerprint density at radius 2 is 2.37 bits per heavy atom. The first kappa shape index (κ1) is 14.1. The van der Waals surface area contributed by atoms with Gasteiger partial charge in [-0.05, 0) is 47.5 Å². The Hall–Kier alpha value is -1.27. The van der Waals surface area contributed by atoms with Crippen LogP contribution in [0.15, 0.2) is 27.8 Å². The van der Waals surface area contributed by atoms with Gasteiger partial charge in [-0.25, -0.2) is 0 Å². The Balaban J connectivity index is 2.23. The second-order valence-corrected chi connectivity index (χ2v) is 5.48. The second-order valence-electron chi connectivity index (χ2n) is 4.63. The van der Waals surface area contributed by atoms with Crippen molar-refractivity contribution in [1.29, 1.82) is 0 Å². The summed E-state index contributed by atoms with van der Waals surface area (Å²) in [6, 6.07) is 5.83. The molecule has 0 amide bonds. The SMILES string of the molecule is CC1CN(c2ccc(/C(N)=N/O)c(Br)c2)CCCO1. The third kappa shape index (κ3) is 3.39. The number of amidine groups is 1. The van der Waals surface area contributed by atoms with Crippen LogP contribution in [0.4, 0.5) is 5.69 Å². The Labute approximate surface area is 121 Å². The van der Waals surface area contributed by atoms with Gasteiger partial charge in [0, 0.05) is 35.4 Å². The Morgan fingerprint density at radius 1 is 1.58 bits per heavy atom. The van der Waals surface area contributed by atoms with E-state index in [-0.39, 0.29) is 11.9 Å². The summed E-state index contributed by atoms with van der Waals surface area (Å²) in [7, 11) is 0. The highest BCUT2D eigenvalue weighted by Gasteiger charge is 2.16. The molecule has 1 atom stereocenters. The molecule has 5 nitrogen and oxygen atoms in total. The molecular formula is C13H18BrN3O2. The number of benzene rings is 1. The van der Waals surface area contributed by atoms with Crippen molar-refractivity contribution < 1.29 is 9.94 Å². The maximum absolute atomic E-state index is 8.72. The zero-order valence-electron chi connectivity index (χ0n) is 10.8. The number of nitrogens with two attached hydrogens (primary N) is 1. The fourth-order valence-corrected chi connectivity index (χ4v) is 2.76. The number of hydrogen-bond acceptors (Lipinski definition) is 4. The summed E-state index contributed by atoms with van der Waals surface area (Å²) in [4.78, 5) is 2.29. The van der Waals surface area contributed by atoms with E-state index in [1.807, 2.05) is 18.2 Å².